The molecule has 4 nitrogen and oxygen atoms in total. The molecule has 0 spiro atoms. The van der Waals surface area contributed by atoms with E-state index in [4.69, 9.17) is 8.75 Å². The molecular weight excluding hydrogens is 899 g/mol. The Hall–Kier alpha value is -8.02. The van der Waals surface area contributed by atoms with Crippen LogP contribution in [0.3, 0.4) is 0 Å². The van der Waals surface area contributed by atoms with Crippen molar-refractivity contribution in [3.63, 3.8) is 0 Å². The molecule has 0 aliphatic heterocycles. The predicted octanol–water partition coefficient (Wildman–Crippen LogP) is 17.6. The van der Waals surface area contributed by atoms with Gasteiger partial charge in [0.2, 0.25) is 0 Å². The molecule has 0 N–H and O–H groups in total. The summed E-state index contributed by atoms with van der Waals surface area (Å²) >= 11 is 1.04. The van der Waals surface area contributed by atoms with Crippen LogP contribution in [0.4, 0.5) is 43.4 Å². The van der Waals surface area contributed by atoms with Gasteiger partial charge in [-0.25, -0.2) is 0 Å². The number of aromatic nitrogens is 3. The number of nitrogens with zero attached hydrogens (tertiary/aromatic N) is 4. The minimum atomic E-state index is -4.53. The van der Waals surface area contributed by atoms with Crippen molar-refractivity contribution in [3.8, 4) is 50.2 Å². The summed E-state index contributed by atoms with van der Waals surface area (Å²) in [6, 6.07) is 59.5. The summed E-state index contributed by atoms with van der Waals surface area (Å²) in [7, 11) is 0. The minimum Gasteiger partial charge on any atom is -0.309 e. The first-order valence-corrected chi connectivity index (χ1v) is 22.8. The molecule has 9 aromatic carbocycles. The highest BCUT2D eigenvalue weighted by atomic mass is 32.1. The van der Waals surface area contributed by atoms with E-state index in [1.807, 2.05) is 17.0 Å². The third-order valence-electron chi connectivity index (χ3n) is 12.7. The van der Waals surface area contributed by atoms with Gasteiger partial charge < -0.3 is 9.47 Å². The highest BCUT2D eigenvalue weighted by molar-refractivity contribution is 7.00. The minimum absolute atomic E-state index is 0.444. The van der Waals surface area contributed by atoms with E-state index in [9.17, 15) is 26.3 Å². The average Bonchev–Trinajstić information content (AvgIpc) is 3.98. The summed E-state index contributed by atoms with van der Waals surface area (Å²) in [5.74, 6) is 0. The molecule has 0 fully saturated rings. The lowest BCUT2D eigenvalue weighted by atomic mass is 9.99. The quantitative estimate of drug-likeness (QED) is 0.142. The van der Waals surface area contributed by atoms with Crippen molar-refractivity contribution in [2.24, 2.45) is 0 Å². The number of alkyl halides is 6. The van der Waals surface area contributed by atoms with E-state index in [2.05, 4.69) is 128 Å². The van der Waals surface area contributed by atoms with Crippen LogP contribution >= 0.6 is 11.7 Å². The molecule has 0 bridgehead atoms. The Morgan fingerprint density at radius 2 is 0.797 bits per heavy atom. The van der Waals surface area contributed by atoms with Gasteiger partial charge in [0.15, 0.2) is 0 Å². The number of rotatable bonds is 8. The van der Waals surface area contributed by atoms with Crippen molar-refractivity contribution in [3.05, 3.63) is 216 Å². The fourth-order valence-electron chi connectivity index (χ4n) is 9.09. The lowest BCUT2D eigenvalue weighted by Crippen LogP contribution is -2.12. The molecule has 2 heterocycles. The third-order valence-corrected chi connectivity index (χ3v) is 13.3. The van der Waals surface area contributed by atoms with Gasteiger partial charge in [-0.1, -0.05) is 108 Å². The zero-order valence-electron chi connectivity index (χ0n) is 36.9. The number of anilines is 3. The van der Waals surface area contributed by atoms with Crippen LogP contribution in [0, 0.1) is 13.8 Å². The van der Waals surface area contributed by atoms with Crippen LogP contribution in [0.1, 0.15) is 22.3 Å². The monoisotopic (exact) mass is 936 g/mol. The number of fused-ring (bicyclic) bond motifs is 4. The van der Waals surface area contributed by atoms with Crippen LogP contribution in [-0.2, 0) is 12.4 Å². The van der Waals surface area contributed by atoms with Gasteiger partial charge >= 0.3 is 12.4 Å². The maximum Gasteiger partial charge on any atom is 0.416 e. The largest absolute Gasteiger partial charge is 0.416 e. The third kappa shape index (κ3) is 8.18. The van der Waals surface area contributed by atoms with E-state index in [1.165, 1.54) is 35.4 Å². The second-order valence-electron chi connectivity index (χ2n) is 17.2. The second kappa shape index (κ2) is 16.9. The van der Waals surface area contributed by atoms with Crippen molar-refractivity contribution in [2.45, 2.75) is 26.2 Å². The molecule has 0 saturated heterocycles. The predicted molar refractivity (Wildman–Crippen MR) is 268 cm³/mol. The Morgan fingerprint density at radius 1 is 0.406 bits per heavy atom. The van der Waals surface area contributed by atoms with Crippen LogP contribution in [0.15, 0.2) is 194 Å². The standard InChI is InChI=1S/C58H38F6N4S/c1-35-3-7-39(8-4-35)42-17-30-52-50(33-42)51-34-43(40-9-5-36(2)6-10-40)18-31-53(51)68(52)48-25-15-41(16-26-48)49-29-32-54(56-55(49)65-69-66-56)67(47-27-21-45(22-28-47)58(62,63)64)46-23-13-38(14-24-46)37-11-19-44(20-12-37)57(59,60)61/h3-34H,1-2H3. The van der Waals surface area contributed by atoms with Crippen molar-refractivity contribution in [2.75, 3.05) is 4.90 Å². The van der Waals surface area contributed by atoms with Crippen molar-refractivity contribution < 1.29 is 26.3 Å². The smallest absolute Gasteiger partial charge is 0.309 e. The van der Waals surface area contributed by atoms with Gasteiger partial charge in [-0.05, 0) is 150 Å². The molecule has 0 atom stereocenters. The first-order chi connectivity index (χ1) is 33.3. The number of aryl methyl sites for hydroxylation is 2. The first kappa shape index (κ1) is 43.5. The van der Waals surface area contributed by atoms with Gasteiger partial charge in [-0.3, -0.25) is 0 Å². The molecular formula is C58H38F6N4S. The lowest BCUT2D eigenvalue weighted by Gasteiger charge is -2.26. The molecule has 69 heavy (non-hydrogen) atoms. The summed E-state index contributed by atoms with van der Waals surface area (Å²) in [5.41, 5.74) is 14.3. The molecule has 338 valence electrons. The van der Waals surface area contributed by atoms with Crippen LogP contribution < -0.4 is 4.90 Å². The summed E-state index contributed by atoms with van der Waals surface area (Å²) in [6.45, 7) is 4.18. The van der Waals surface area contributed by atoms with Gasteiger partial charge in [-0.15, -0.1) is 0 Å². The summed E-state index contributed by atoms with van der Waals surface area (Å²) in [5, 5.41) is 2.28. The van der Waals surface area contributed by atoms with Crippen molar-refractivity contribution in [1.29, 1.82) is 0 Å². The Balaban J connectivity index is 0.980. The molecule has 11 rings (SSSR count). The van der Waals surface area contributed by atoms with Gasteiger partial charge in [0.25, 0.3) is 0 Å². The van der Waals surface area contributed by atoms with Crippen LogP contribution in [-0.4, -0.2) is 13.3 Å². The van der Waals surface area contributed by atoms with E-state index in [-0.39, 0.29) is 0 Å². The molecule has 0 unspecified atom stereocenters. The molecule has 0 saturated carbocycles. The van der Waals surface area contributed by atoms with Gasteiger partial charge in [0.1, 0.15) is 11.0 Å². The van der Waals surface area contributed by atoms with Crippen LogP contribution in [0.5, 0.6) is 0 Å². The van der Waals surface area contributed by atoms with E-state index < -0.39 is 23.5 Å². The molecule has 11 heteroatoms. The zero-order valence-corrected chi connectivity index (χ0v) is 37.8. The molecule has 0 aliphatic carbocycles. The van der Waals surface area contributed by atoms with Gasteiger partial charge in [0, 0.05) is 33.4 Å². The van der Waals surface area contributed by atoms with Crippen LogP contribution in [0.2, 0.25) is 0 Å². The fraction of sp³-hybridized carbons (Fsp3) is 0.0690. The van der Waals surface area contributed by atoms with Gasteiger partial charge in [0.05, 0.1) is 39.6 Å². The van der Waals surface area contributed by atoms with Crippen LogP contribution in [0.25, 0.3) is 83.0 Å². The number of hydrogen-bond donors (Lipinski definition) is 0. The van der Waals surface area contributed by atoms with E-state index in [0.717, 1.165) is 96.9 Å². The number of hydrogen-bond acceptors (Lipinski definition) is 4. The average molecular weight is 937 g/mol. The van der Waals surface area contributed by atoms with E-state index in [0.29, 0.717) is 39.2 Å². The summed E-state index contributed by atoms with van der Waals surface area (Å²) in [6.07, 6.45) is -9.00. The summed E-state index contributed by atoms with van der Waals surface area (Å²) < 4.78 is 92.9. The Labute approximate surface area is 397 Å². The van der Waals surface area contributed by atoms with E-state index >= 15 is 0 Å². The Morgan fingerprint density at radius 3 is 1.29 bits per heavy atom. The van der Waals surface area contributed by atoms with Crippen molar-refractivity contribution >= 4 is 61.6 Å². The maximum atomic E-state index is 13.7. The lowest BCUT2D eigenvalue weighted by molar-refractivity contribution is -0.138. The Bertz CT molecular complexity index is 3570. The molecule has 0 radical (unpaired) electrons. The number of halogens is 6. The van der Waals surface area contributed by atoms with Gasteiger partial charge in [-0.2, -0.15) is 35.1 Å². The topological polar surface area (TPSA) is 34.0 Å². The van der Waals surface area contributed by atoms with E-state index in [1.54, 1.807) is 24.3 Å². The second-order valence-corrected chi connectivity index (χ2v) is 17.7. The molecule has 0 amide bonds. The maximum absolute atomic E-state index is 13.7. The van der Waals surface area contributed by atoms with Crippen molar-refractivity contribution in [1.82, 2.24) is 13.3 Å². The highest BCUT2D eigenvalue weighted by Gasteiger charge is 2.31. The number of benzene rings is 9. The first-order valence-electron chi connectivity index (χ1n) is 22.1. The fourth-order valence-corrected chi connectivity index (χ4v) is 9.66. The molecule has 0 aliphatic rings. The Kier molecular flexibility index (Phi) is 10.7. The molecule has 11 aromatic rings. The SMILES string of the molecule is Cc1ccc(-c2ccc3c(c2)c2cc(-c4ccc(C)cc4)ccc2n3-c2ccc(-c3ccc(N(c4ccc(-c5ccc(C(F)(F)F)cc5)cc4)c4ccc(C(F)(F)F)cc4)c4nsnc34)cc2)cc1. The summed E-state index contributed by atoms with van der Waals surface area (Å²) in [4.78, 5) is 1.81. The zero-order chi connectivity index (χ0) is 47.6. The highest BCUT2D eigenvalue weighted by Crippen LogP contribution is 2.44. The normalized spacial score (nSPS) is 12.1. The molecule has 2 aromatic heterocycles.